The van der Waals surface area contributed by atoms with Gasteiger partial charge < -0.3 is 47.7 Å². The standard InChI is InChI=1S/C54H52O13/c1-36-44(64-50(55)40-26-14-5-15-27-40)47(65-51(56)41-28-16-6-17-29-41)49(66-52(57)42-30-18-7-19-31-42)54(62-36)67-45-43(35-59-32-37-20-8-2-9-21-37)63-53(58)48(61-34-39-24-12-4-13-25-39)46(45)60-33-38-22-10-3-11-23-38/h2-31,36,43-49,53-54,58H,32-35H2,1H3/t36-,43?,44?,45+,46?,47?,48?,49+,53-,54?/m0/s1. The first kappa shape index (κ1) is 47.0. The first-order valence-electron chi connectivity index (χ1n) is 22.2. The van der Waals surface area contributed by atoms with Crippen molar-refractivity contribution in [2.24, 2.45) is 0 Å². The van der Waals surface area contributed by atoms with Crippen LogP contribution in [-0.4, -0.2) is 91.0 Å². The van der Waals surface area contributed by atoms with Crippen molar-refractivity contribution in [3.8, 4) is 0 Å². The Morgan fingerprint density at radius 1 is 0.448 bits per heavy atom. The van der Waals surface area contributed by atoms with Crippen LogP contribution < -0.4 is 0 Å². The molecule has 0 amide bonds. The monoisotopic (exact) mass is 908 g/mol. The van der Waals surface area contributed by atoms with E-state index >= 15 is 0 Å². The van der Waals surface area contributed by atoms with Crippen LogP contribution in [0.15, 0.2) is 182 Å². The Balaban J connectivity index is 1.18. The summed E-state index contributed by atoms with van der Waals surface area (Å²) in [6, 6.07) is 53.3. The van der Waals surface area contributed by atoms with Crippen molar-refractivity contribution in [3.63, 3.8) is 0 Å². The van der Waals surface area contributed by atoms with E-state index in [4.69, 9.17) is 42.6 Å². The van der Waals surface area contributed by atoms with Gasteiger partial charge in [0.15, 0.2) is 30.9 Å². The van der Waals surface area contributed by atoms with Crippen LogP contribution in [0.25, 0.3) is 0 Å². The molecule has 67 heavy (non-hydrogen) atoms. The second-order valence-electron chi connectivity index (χ2n) is 16.1. The Labute approximate surface area is 389 Å². The molecular weight excluding hydrogens is 857 g/mol. The maximum atomic E-state index is 14.2. The molecule has 8 rings (SSSR count). The average molecular weight is 909 g/mol. The third-order valence-corrected chi connectivity index (χ3v) is 11.3. The highest BCUT2D eigenvalue weighted by atomic mass is 16.8. The van der Waals surface area contributed by atoms with Gasteiger partial charge in [-0.2, -0.15) is 0 Å². The summed E-state index contributed by atoms with van der Waals surface area (Å²) in [5, 5.41) is 11.8. The Morgan fingerprint density at radius 3 is 1.30 bits per heavy atom. The molecule has 346 valence electrons. The zero-order valence-corrected chi connectivity index (χ0v) is 36.8. The fraction of sp³-hybridized carbons (Fsp3) is 0.278. The third kappa shape index (κ3) is 12.5. The van der Waals surface area contributed by atoms with Gasteiger partial charge in [0, 0.05) is 0 Å². The maximum Gasteiger partial charge on any atom is 0.338 e. The molecule has 2 saturated heterocycles. The van der Waals surface area contributed by atoms with Crippen molar-refractivity contribution in [2.75, 3.05) is 6.61 Å². The van der Waals surface area contributed by atoms with Crippen LogP contribution in [0.2, 0.25) is 0 Å². The van der Waals surface area contributed by atoms with Gasteiger partial charge in [0.1, 0.15) is 24.4 Å². The number of aliphatic hydroxyl groups excluding tert-OH is 1. The number of esters is 3. The van der Waals surface area contributed by atoms with Gasteiger partial charge >= 0.3 is 17.9 Å². The van der Waals surface area contributed by atoms with E-state index in [1.807, 2.05) is 91.0 Å². The first-order chi connectivity index (χ1) is 32.8. The number of aliphatic hydroxyl groups is 1. The summed E-state index contributed by atoms with van der Waals surface area (Å²) >= 11 is 0. The zero-order valence-electron chi connectivity index (χ0n) is 36.8. The lowest BCUT2D eigenvalue weighted by Crippen LogP contribution is -2.66. The molecule has 0 spiro atoms. The quantitative estimate of drug-likeness (QED) is 0.0657. The highest BCUT2D eigenvalue weighted by molar-refractivity contribution is 5.91. The summed E-state index contributed by atoms with van der Waals surface area (Å²) in [7, 11) is 0. The molecule has 13 heteroatoms. The van der Waals surface area contributed by atoms with E-state index < -0.39 is 79.3 Å². The Hall–Kier alpha value is -6.55. The summed E-state index contributed by atoms with van der Waals surface area (Å²) in [5.74, 6) is -2.31. The molecule has 2 heterocycles. The number of hydrogen-bond acceptors (Lipinski definition) is 13. The largest absolute Gasteiger partial charge is 0.452 e. The molecule has 0 radical (unpaired) electrons. The van der Waals surface area contributed by atoms with E-state index in [2.05, 4.69) is 0 Å². The normalized spacial score (nSPS) is 24.8. The minimum Gasteiger partial charge on any atom is -0.452 e. The fourth-order valence-corrected chi connectivity index (χ4v) is 7.92. The number of carbonyl (C=O) groups is 3. The van der Waals surface area contributed by atoms with Crippen LogP contribution in [0.4, 0.5) is 0 Å². The molecule has 0 bridgehead atoms. The van der Waals surface area contributed by atoms with Crippen molar-refractivity contribution in [1.29, 1.82) is 0 Å². The molecule has 13 nitrogen and oxygen atoms in total. The summed E-state index contributed by atoms with van der Waals surface area (Å²) < 4.78 is 58.0. The number of ether oxygens (including phenoxy) is 9. The van der Waals surface area contributed by atoms with Crippen molar-refractivity contribution >= 4 is 17.9 Å². The van der Waals surface area contributed by atoms with Crippen LogP contribution in [0.3, 0.4) is 0 Å². The first-order valence-corrected chi connectivity index (χ1v) is 22.2. The van der Waals surface area contributed by atoms with Gasteiger partial charge in [0.25, 0.3) is 0 Å². The Morgan fingerprint density at radius 2 is 0.836 bits per heavy atom. The highest BCUT2D eigenvalue weighted by Crippen LogP contribution is 2.36. The van der Waals surface area contributed by atoms with Crippen molar-refractivity contribution < 1.29 is 62.1 Å². The van der Waals surface area contributed by atoms with Crippen LogP contribution in [0, 0.1) is 0 Å². The van der Waals surface area contributed by atoms with E-state index in [9.17, 15) is 19.5 Å². The van der Waals surface area contributed by atoms with Gasteiger partial charge in [0.05, 0.1) is 49.2 Å². The molecule has 0 aromatic heterocycles. The second kappa shape index (κ2) is 23.3. The average Bonchev–Trinajstić information content (AvgIpc) is 3.37. The third-order valence-electron chi connectivity index (χ3n) is 11.3. The summed E-state index contributed by atoms with van der Waals surface area (Å²) in [5.41, 5.74) is 3.16. The van der Waals surface area contributed by atoms with Gasteiger partial charge in [-0.15, -0.1) is 0 Å². The van der Waals surface area contributed by atoms with Gasteiger partial charge in [-0.25, -0.2) is 14.4 Å². The van der Waals surface area contributed by atoms with E-state index in [1.54, 1.807) is 97.9 Å². The Bertz CT molecular complexity index is 2450. The summed E-state index contributed by atoms with van der Waals surface area (Å²) in [6.45, 7) is 1.89. The number of benzene rings is 6. The second-order valence-corrected chi connectivity index (χ2v) is 16.1. The lowest BCUT2D eigenvalue weighted by molar-refractivity contribution is -0.360. The van der Waals surface area contributed by atoms with Gasteiger partial charge in [0.2, 0.25) is 0 Å². The van der Waals surface area contributed by atoms with Crippen LogP contribution in [0.1, 0.15) is 54.7 Å². The lowest BCUT2D eigenvalue weighted by atomic mass is 9.96. The topological polar surface area (TPSA) is 155 Å². The number of rotatable bonds is 18. The highest BCUT2D eigenvalue weighted by Gasteiger charge is 2.56. The molecule has 6 aromatic carbocycles. The van der Waals surface area contributed by atoms with Crippen molar-refractivity contribution in [3.05, 3.63) is 215 Å². The van der Waals surface area contributed by atoms with Gasteiger partial charge in [-0.1, -0.05) is 146 Å². The lowest BCUT2D eigenvalue weighted by Gasteiger charge is -2.48. The van der Waals surface area contributed by atoms with Gasteiger partial charge in [-0.05, 0) is 60.0 Å². The smallest absolute Gasteiger partial charge is 0.338 e. The molecule has 1 N–H and O–H groups in total. The predicted octanol–water partition coefficient (Wildman–Crippen LogP) is 7.90. The summed E-state index contributed by atoms with van der Waals surface area (Å²) in [4.78, 5) is 42.0. The number of hydrogen-bond donors (Lipinski definition) is 1. The summed E-state index contributed by atoms with van der Waals surface area (Å²) in [6.07, 6.45) is -12.9. The predicted molar refractivity (Wildman–Crippen MR) is 243 cm³/mol. The SMILES string of the molecule is C[C@@H]1OC(O[C@@H]2C(COCc3ccccc3)O[C@H](O)C(OCc3ccccc3)C2OCc2ccccc2)[C@H](OC(=O)c2ccccc2)C(OC(=O)c2ccccc2)C1OC(=O)c1ccccc1. The molecular formula is C54H52O13. The Kier molecular flexibility index (Phi) is 16.3. The van der Waals surface area contributed by atoms with E-state index in [0.717, 1.165) is 16.7 Å². The molecule has 0 aliphatic carbocycles. The van der Waals surface area contributed by atoms with Crippen molar-refractivity contribution in [2.45, 2.75) is 88.2 Å². The fourth-order valence-electron chi connectivity index (χ4n) is 7.92. The van der Waals surface area contributed by atoms with Crippen LogP contribution in [-0.2, 0) is 62.5 Å². The molecule has 6 aromatic rings. The van der Waals surface area contributed by atoms with E-state index in [-0.39, 0.29) is 43.1 Å². The van der Waals surface area contributed by atoms with E-state index in [1.165, 1.54) is 0 Å². The molecule has 2 fully saturated rings. The molecule has 6 unspecified atom stereocenters. The minimum atomic E-state index is -1.58. The maximum absolute atomic E-state index is 14.2. The van der Waals surface area contributed by atoms with Crippen LogP contribution in [0.5, 0.6) is 0 Å². The zero-order chi connectivity index (χ0) is 46.4. The molecule has 2 aliphatic rings. The molecule has 10 atom stereocenters. The van der Waals surface area contributed by atoms with E-state index in [0.29, 0.717) is 0 Å². The van der Waals surface area contributed by atoms with Crippen LogP contribution >= 0.6 is 0 Å². The van der Waals surface area contributed by atoms with Crippen molar-refractivity contribution in [1.82, 2.24) is 0 Å². The number of carbonyl (C=O) groups excluding carboxylic acids is 3. The molecule has 0 saturated carbocycles. The minimum absolute atomic E-state index is 0.0735. The molecule has 2 aliphatic heterocycles. The van der Waals surface area contributed by atoms with Gasteiger partial charge in [-0.3, -0.25) is 0 Å².